The van der Waals surface area contributed by atoms with Gasteiger partial charge in [-0.05, 0) is 76.4 Å². The number of benzene rings is 1. The number of urea groups is 1. The number of hydrogen-bond acceptors (Lipinski definition) is 3. The Balaban J connectivity index is 1.42. The molecule has 1 atom stereocenters. The molecule has 0 saturated carbocycles. The molecule has 1 saturated heterocycles. The van der Waals surface area contributed by atoms with Gasteiger partial charge in [-0.1, -0.05) is 0 Å². The van der Waals surface area contributed by atoms with Gasteiger partial charge in [0, 0.05) is 12.1 Å². The molecule has 1 unspecified atom stereocenters. The number of rotatable bonds is 6. The van der Waals surface area contributed by atoms with Gasteiger partial charge in [0.1, 0.15) is 11.6 Å². The quantitative estimate of drug-likeness (QED) is 0.776. The number of carbonyl (C=O) groups excluding carboxylic acids is 1. The van der Waals surface area contributed by atoms with Crippen LogP contribution in [0.1, 0.15) is 50.1 Å². The fourth-order valence-corrected chi connectivity index (χ4v) is 3.58. The number of carbonyl (C=O) groups is 1. The lowest BCUT2D eigenvalue weighted by Crippen LogP contribution is -2.38. The summed E-state index contributed by atoms with van der Waals surface area (Å²) in [5.74, 6) is 0.355. The first kappa shape index (κ1) is 18.0. The molecule has 5 nitrogen and oxygen atoms in total. The fourth-order valence-electron chi connectivity index (χ4n) is 3.58. The minimum absolute atomic E-state index is 0.191. The van der Waals surface area contributed by atoms with Crippen LogP contribution < -0.4 is 15.4 Å². The van der Waals surface area contributed by atoms with E-state index in [-0.39, 0.29) is 17.9 Å². The van der Waals surface area contributed by atoms with Gasteiger partial charge in [-0.2, -0.15) is 0 Å². The average Bonchev–Trinajstić information content (AvgIpc) is 3.04. The van der Waals surface area contributed by atoms with Gasteiger partial charge >= 0.3 is 6.03 Å². The minimum atomic E-state index is -0.307. The van der Waals surface area contributed by atoms with E-state index in [1.807, 2.05) is 0 Å². The zero-order chi connectivity index (χ0) is 17.5. The maximum atomic E-state index is 13.6. The Morgan fingerprint density at radius 3 is 2.92 bits per heavy atom. The summed E-state index contributed by atoms with van der Waals surface area (Å²) in [6, 6.07) is 4.09. The monoisotopic (exact) mass is 349 g/mol. The molecule has 0 aliphatic carbocycles. The van der Waals surface area contributed by atoms with Gasteiger partial charge in [0.15, 0.2) is 0 Å². The van der Waals surface area contributed by atoms with Gasteiger partial charge in [0.05, 0.1) is 12.6 Å². The van der Waals surface area contributed by atoms with Crippen LogP contribution in [0.3, 0.4) is 0 Å². The van der Waals surface area contributed by atoms with Crippen LogP contribution >= 0.6 is 0 Å². The Morgan fingerprint density at radius 2 is 2.08 bits per heavy atom. The first-order chi connectivity index (χ1) is 12.2. The molecule has 0 aromatic heterocycles. The number of unbranched alkanes of at least 4 members (excludes halogenated alkanes) is 1. The normalized spacial score (nSPS) is 20.4. The van der Waals surface area contributed by atoms with E-state index in [2.05, 4.69) is 15.5 Å². The lowest BCUT2D eigenvalue weighted by molar-refractivity contribution is 0.235. The van der Waals surface area contributed by atoms with E-state index in [9.17, 15) is 9.18 Å². The first-order valence-electron chi connectivity index (χ1n) is 9.41. The van der Waals surface area contributed by atoms with Crippen molar-refractivity contribution in [3.63, 3.8) is 0 Å². The molecule has 2 aliphatic heterocycles. The summed E-state index contributed by atoms with van der Waals surface area (Å²) >= 11 is 0. The number of ether oxygens (including phenoxy) is 1. The van der Waals surface area contributed by atoms with E-state index in [1.54, 1.807) is 6.07 Å². The molecule has 1 aromatic carbocycles. The number of fused-ring (bicyclic) bond motifs is 1. The van der Waals surface area contributed by atoms with Crippen LogP contribution in [-0.4, -0.2) is 43.7 Å². The maximum Gasteiger partial charge on any atom is 0.315 e. The van der Waals surface area contributed by atoms with Crippen molar-refractivity contribution in [1.29, 1.82) is 0 Å². The second-order valence-electron chi connectivity index (χ2n) is 6.88. The number of nitrogens with one attached hydrogen (secondary N) is 2. The van der Waals surface area contributed by atoms with Crippen molar-refractivity contribution in [1.82, 2.24) is 15.5 Å². The number of nitrogens with zero attached hydrogens (tertiary/aromatic N) is 1. The van der Waals surface area contributed by atoms with Crippen molar-refractivity contribution in [2.24, 2.45) is 0 Å². The van der Waals surface area contributed by atoms with Crippen molar-refractivity contribution in [3.05, 3.63) is 29.6 Å². The second-order valence-corrected chi connectivity index (χ2v) is 6.88. The van der Waals surface area contributed by atoms with Crippen molar-refractivity contribution in [2.75, 3.05) is 32.8 Å². The van der Waals surface area contributed by atoms with E-state index >= 15 is 0 Å². The molecule has 2 amide bonds. The van der Waals surface area contributed by atoms with Gasteiger partial charge in [0.25, 0.3) is 0 Å². The standard InChI is InChI=1S/C19H28FN3O2/c20-15-7-8-18-16(14-15)17(6-5-13-25-18)22-19(24)21-9-1-2-10-23-11-3-4-12-23/h7-8,14,17H,1-6,9-13H2,(H2,21,22,24). The van der Waals surface area contributed by atoms with Gasteiger partial charge in [0.2, 0.25) is 0 Å². The molecule has 25 heavy (non-hydrogen) atoms. The van der Waals surface area contributed by atoms with Crippen molar-refractivity contribution < 1.29 is 13.9 Å². The van der Waals surface area contributed by atoms with E-state index in [0.29, 0.717) is 18.9 Å². The van der Waals surface area contributed by atoms with Crippen LogP contribution in [-0.2, 0) is 0 Å². The third-order valence-electron chi connectivity index (χ3n) is 4.93. The van der Waals surface area contributed by atoms with Crippen LogP contribution in [0.5, 0.6) is 5.75 Å². The molecule has 0 spiro atoms. The van der Waals surface area contributed by atoms with E-state index < -0.39 is 0 Å². The van der Waals surface area contributed by atoms with E-state index in [4.69, 9.17) is 4.74 Å². The van der Waals surface area contributed by atoms with Crippen LogP contribution in [0.25, 0.3) is 0 Å². The van der Waals surface area contributed by atoms with Crippen LogP contribution in [0, 0.1) is 5.82 Å². The largest absolute Gasteiger partial charge is 0.493 e. The molecule has 1 fully saturated rings. The summed E-state index contributed by atoms with van der Waals surface area (Å²) in [4.78, 5) is 14.7. The summed E-state index contributed by atoms with van der Waals surface area (Å²) < 4.78 is 19.2. The van der Waals surface area contributed by atoms with Gasteiger partial charge in [-0.15, -0.1) is 0 Å². The Kier molecular flexibility index (Phi) is 6.50. The highest BCUT2D eigenvalue weighted by Gasteiger charge is 2.22. The second kappa shape index (κ2) is 9.04. The van der Waals surface area contributed by atoms with Crippen LogP contribution in [0.4, 0.5) is 9.18 Å². The topological polar surface area (TPSA) is 53.6 Å². The van der Waals surface area contributed by atoms with Gasteiger partial charge in [-0.3, -0.25) is 0 Å². The summed E-state index contributed by atoms with van der Waals surface area (Å²) in [5.41, 5.74) is 0.724. The van der Waals surface area contributed by atoms with Crippen molar-refractivity contribution in [3.8, 4) is 5.75 Å². The molecule has 138 valence electrons. The molecule has 2 aliphatic rings. The predicted molar refractivity (Wildman–Crippen MR) is 95.3 cm³/mol. The Bertz CT molecular complexity index is 576. The smallest absolute Gasteiger partial charge is 0.315 e. The molecule has 3 rings (SSSR count). The molecular weight excluding hydrogens is 321 g/mol. The molecule has 0 radical (unpaired) electrons. The Hall–Kier alpha value is -1.82. The average molecular weight is 349 g/mol. The number of hydrogen-bond donors (Lipinski definition) is 2. The molecule has 0 bridgehead atoms. The highest BCUT2D eigenvalue weighted by atomic mass is 19.1. The van der Waals surface area contributed by atoms with Gasteiger partial charge < -0.3 is 20.3 Å². The summed E-state index contributed by atoms with van der Waals surface area (Å²) in [6.45, 7) is 4.81. The SMILES string of the molecule is O=C(NCCCCN1CCCC1)NC1CCCOc2ccc(F)cc21. The third kappa shape index (κ3) is 5.33. The minimum Gasteiger partial charge on any atom is -0.493 e. The predicted octanol–water partition coefficient (Wildman–Crippen LogP) is 3.21. The summed E-state index contributed by atoms with van der Waals surface area (Å²) in [5, 5.41) is 5.89. The Labute approximate surface area is 148 Å². The zero-order valence-electron chi connectivity index (χ0n) is 14.7. The highest BCUT2D eigenvalue weighted by molar-refractivity contribution is 5.74. The number of amides is 2. The third-order valence-corrected chi connectivity index (χ3v) is 4.93. The molecule has 1 aromatic rings. The lowest BCUT2D eigenvalue weighted by Gasteiger charge is -2.19. The zero-order valence-corrected chi connectivity index (χ0v) is 14.7. The van der Waals surface area contributed by atoms with E-state index in [0.717, 1.165) is 37.8 Å². The van der Waals surface area contributed by atoms with E-state index in [1.165, 1.54) is 38.1 Å². The van der Waals surface area contributed by atoms with Crippen molar-refractivity contribution >= 4 is 6.03 Å². The molecule has 2 N–H and O–H groups in total. The first-order valence-corrected chi connectivity index (χ1v) is 9.41. The number of likely N-dealkylation sites (tertiary alicyclic amines) is 1. The summed E-state index contributed by atoms with van der Waals surface area (Å²) in [7, 11) is 0. The van der Waals surface area contributed by atoms with Crippen LogP contribution in [0.2, 0.25) is 0 Å². The highest BCUT2D eigenvalue weighted by Crippen LogP contribution is 2.31. The Morgan fingerprint density at radius 1 is 1.24 bits per heavy atom. The van der Waals surface area contributed by atoms with Crippen molar-refractivity contribution in [2.45, 2.75) is 44.6 Å². The lowest BCUT2D eigenvalue weighted by atomic mass is 10.0. The molecule has 2 heterocycles. The fraction of sp³-hybridized carbons (Fsp3) is 0.632. The molecule has 6 heteroatoms. The summed E-state index contributed by atoms with van der Waals surface area (Å²) in [6.07, 6.45) is 6.28. The molecular formula is C19H28FN3O2. The van der Waals surface area contributed by atoms with Crippen LogP contribution in [0.15, 0.2) is 18.2 Å². The maximum absolute atomic E-state index is 13.6. The van der Waals surface area contributed by atoms with Gasteiger partial charge in [-0.25, -0.2) is 9.18 Å². The number of halogens is 1.